The third-order valence-electron chi connectivity index (χ3n) is 2.65. The first-order valence-corrected chi connectivity index (χ1v) is 8.56. The first kappa shape index (κ1) is 17.2. The van der Waals surface area contributed by atoms with Crippen molar-refractivity contribution >= 4 is 43.5 Å². The summed E-state index contributed by atoms with van der Waals surface area (Å²) in [5.41, 5.74) is 0.247. The summed E-state index contributed by atoms with van der Waals surface area (Å²) in [6.07, 6.45) is 0. The van der Waals surface area contributed by atoms with Crippen LogP contribution in [0.4, 0.5) is 5.69 Å². The third-order valence-corrected chi connectivity index (χ3v) is 3.99. The van der Waals surface area contributed by atoms with E-state index in [2.05, 4.69) is 26.6 Å². The Morgan fingerprint density at radius 1 is 1.22 bits per heavy atom. The molecule has 2 rings (SSSR count). The van der Waals surface area contributed by atoms with Gasteiger partial charge in [-0.3, -0.25) is 9.59 Å². The lowest BCUT2D eigenvalue weighted by atomic mass is 10.3. The molecular weight excluding hydrogens is 390 g/mol. The van der Waals surface area contributed by atoms with Gasteiger partial charge in [-0.2, -0.15) is 0 Å². The fraction of sp³-hybridized carbons (Fsp3) is 0.0769. The number of rotatable bonds is 5. The highest BCUT2D eigenvalue weighted by molar-refractivity contribution is 9.10. The standard InChI is InChI=1S/C13H12BrN3O5S/c14-11-5-4-10(22-11)13(19)16-7-12(18)17-8-2-1-3-9(6-8)23(15,20)21/h1-6H,7H2,(H,16,19)(H,17,18)(H2,15,20,21). The van der Waals surface area contributed by atoms with Crippen molar-refractivity contribution in [2.45, 2.75) is 4.90 Å². The van der Waals surface area contributed by atoms with E-state index in [1.807, 2.05) is 0 Å². The van der Waals surface area contributed by atoms with Crippen LogP contribution in [0.1, 0.15) is 10.6 Å². The maximum absolute atomic E-state index is 11.8. The van der Waals surface area contributed by atoms with Crippen LogP contribution in [0.25, 0.3) is 0 Å². The number of furan rings is 1. The average molecular weight is 402 g/mol. The molecule has 1 aromatic carbocycles. The maximum Gasteiger partial charge on any atom is 0.287 e. The van der Waals surface area contributed by atoms with E-state index < -0.39 is 21.8 Å². The highest BCUT2D eigenvalue weighted by atomic mass is 79.9. The largest absolute Gasteiger partial charge is 0.444 e. The minimum Gasteiger partial charge on any atom is -0.444 e. The van der Waals surface area contributed by atoms with E-state index in [4.69, 9.17) is 9.56 Å². The van der Waals surface area contributed by atoms with E-state index in [0.29, 0.717) is 4.67 Å². The van der Waals surface area contributed by atoms with Crippen molar-refractivity contribution in [3.05, 3.63) is 46.8 Å². The number of sulfonamides is 1. The average Bonchev–Trinajstić information content (AvgIpc) is 2.91. The second kappa shape index (κ2) is 6.94. The van der Waals surface area contributed by atoms with Crippen LogP contribution in [0, 0.1) is 0 Å². The summed E-state index contributed by atoms with van der Waals surface area (Å²) >= 11 is 3.06. The number of carbonyl (C=O) groups excluding carboxylic acids is 2. The highest BCUT2D eigenvalue weighted by Gasteiger charge is 2.13. The van der Waals surface area contributed by atoms with Crippen molar-refractivity contribution < 1.29 is 22.4 Å². The molecule has 2 aromatic rings. The molecule has 23 heavy (non-hydrogen) atoms. The van der Waals surface area contributed by atoms with Crippen LogP contribution in [0.3, 0.4) is 0 Å². The van der Waals surface area contributed by atoms with Crippen molar-refractivity contribution in [1.29, 1.82) is 0 Å². The first-order chi connectivity index (χ1) is 10.8. The molecule has 2 amide bonds. The number of amides is 2. The lowest BCUT2D eigenvalue weighted by Gasteiger charge is -2.07. The van der Waals surface area contributed by atoms with Gasteiger partial charge in [0.2, 0.25) is 15.9 Å². The number of hydrogen-bond acceptors (Lipinski definition) is 5. The second-order valence-electron chi connectivity index (χ2n) is 4.41. The molecule has 10 heteroatoms. The summed E-state index contributed by atoms with van der Waals surface area (Å²) in [5.74, 6) is -1.03. The van der Waals surface area contributed by atoms with Crippen molar-refractivity contribution in [3.8, 4) is 0 Å². The topological polar surface area (TPSA) is 132 Å². The second-order valence-corrected chi connectivity index (χ2v) is 6.75. The van der Waals surface area contributed by atoms with Crippen molar-refractivity contribution in [2.75, 3.05) is 11.9 Å². The molecule has 0 saturated heterocycles. The number of anilines is 1. The fourth-order valence-electron chi connectivity index (χ4n) is 1.64. The van der Waals surface area contributed by atoms with Crippen molar-refractivity contribution in [2.24, 2.45) is 5.14 Å². The Morgan fingerprint density at radius 2 is 1.96 bits per heavy atom. The third kappa shape index (κ3) is 4.91. The Morgan fingerprint density at radius 3 is 2.57 bits per heavy atom. The van der Waals surface area contributed by atoms with Gasteiger partial charge >= 0.3 is 0 Å². The van der Waals surface area contributed by atoms with Crippen molar-refractivity contribution in [1.82, 2.24) is 5.32 Å². The predicted octanol–water partition coefficient (Wildman–Crippen LogP) is 1.06. The zero-order valence-electron chi connectivity index (χ0n) is 11.6. The van der Waals surface area contributed by atoms with Gasteiger partial charge < -0.3 is 15.1 Å². The van der Waals surface area contributed by atoms with Gasteiger partial charge in [0.25, 0.3) is 5.91 Å². The van der Waals surface area contributed by atoms with Crippen LogP contribution in [-0.4, -0.2) is 26.8 Å². The summed E-state index contributed by atoms with van der Waals surface area (Å²) in [6.45, 7) is -0.309. The van der Waals surface area contributed by atoms with Gasteiger partial charge in [0, 0.05) is 5.69 Å². The number of hydrogen-bond donors (Lipinski definition) is 3. The molecule has 4 N–H and O–H groups in total. The Labute approximate surface area is 140 Å². The number of halogens is 1. The van der Waals surface area contributed by atoms with Crippen LogP contribution in [0.5, 0.6) is 0 Å². The van der Waals surface area contributed by atoms with Crippen molar-refractivity contribution in [3.63, 3.8) is 0 Å². The highest BCUT2D eigenvalue weighted by Crippen LogP contribution is 2.14. The van der Waals surface area contributed by atoms with E-state index in [0.717, 1.165) is 0 Å². The predicted molar refractivity (Wildman–Crippen MR) is 85.2 cm³/mol. The van der Waals surface area contributed by atoms with E-state index >= 15 is 0 Å². The SMILES string of the molecule is NS(=O)(=O)c1cccc(NC(=O)CNC(=O)c2ccc(Br)o2)c1. The molecule has 0 radical (unpaired) electrons. The van der Waals surface area contributed by atoms with E-state index in [-0.39, 0.29) is 22.9 Å². The number of nitrogens with two attached hydrogens (primary N) is 1. The quantitative estimate of drug-likeness (QED) is 0.688. The van der Waals surface area contributed by atoms with Crippen LogP contribution < -0.4 is 15.8 Å². The monoisotopic (exact) mass is 401 g/mol. The van der Waals surface area contributed by atoms with Gasteiger partial charge in [0.1, 0.15) is 0 Å². The van der Waals surface area contributed by atoms with Gasteiger partial charge in [-0.1, -0.05) is 6.07 Å². The molecule has 122 valence electrons. The van der Waals surface area contributed by atoms with Crippen LogP contribution >= 0.6 is 15.9 Å². The molecule has 0 aliphatic carbocycles. The number of primary sulfonamides is 1. The van der Waals surface area contributed by atoms with Crippen LogP contribution in [0.15, 0.2) is 50.4 Å². The van der Waals surface area contributed by atoms with Gasteiger partial charge in [-0.25, -0.2) is 13.6 Å². The molecule has 0 saturated carbocycles. The molecule has 0 unspecified atom stereocenters. The number of benzene rings is 1. The fourth-order valence-corrected chi connectivity index (χ4v) is 2.51. The lowest BCUT2D eigenvalue weighted by Crippen LogP contribution is -2.32. The smallest absolute Gasteiger partial charge is 0.287 e. The number of nitrogens with one attached hydrogen (secondary N) is 2. The number of carbonyl (C=O) groups is 2. The summed E-state index contributed by atoms with van der Waals surface area (Å²) < 4.78 is 27.9. The van der Waals surface area contributed by atoms with Gasteiger partial charge in [0.15, 0.2) is 10.4 Å². The first-order valence-electron chi connectivity index (χ1n) is 6.22. The van der Waals surface area contributed by atoms with E-state index in [9.17, 15) is 18.0 Å². The molecule has 1 heterocycles. The summed E-state index contributed by atoms with van der Waals surface area (Å²) in [7, 11) is -3.86. The van der Waals surface area contributed by atoms with E-state index in [1.54, 1.807) is 6.07 Å². The van der Waals surface area contributed by atoms with Gasteiger partial charge in [-0.05, 0) is 46.3 Å². The van der Waals surface area contributed by atoms with Crippen LogP contribution in [-0.2, 0) is 14.8 Å². The Balaban J connectivity index is 1.94. The summed E-state index contributed by atoms with van der Waals surface area (Å²) in [5, 5.41) is 9.83. The molecule has 0 aliphatic heterocycles. The lowest BCUT2D eigenvalue weighted by molar-refractivity contribution is -0.115. The Kier molecular flexibility index (Phi) is 5.19. The van der Waals surface area contributed by atoms with Gasteiger partial charge in [-0.15, -0.1) is 0 Å². The summed E-state index contributed by atoms with van der Waals surface area (Å²) in [6, 6.07) is 8.47. The molecule has 0 spiro atoms. The molecular formula is C13H12BrN3O5S. The molecule has 8 nitrogen and oxygen atoms in total. The Bertz CT molecular complexity index is 847. The van der Waals surface area contributed by atoms with E-state index in [1.165, 1.54) is 30.3 Å². The zero-order chi connectivity index (χ0) is 17.0. The maximum atomic E-state index is 11.8. The van der Waals surface area contributed by atoms with Gasteiger partial charge in [0.05, 0.1) is 11.4 Å². The minimum absolute atomic E-state index is 0.0564. The van der Waals surface area contributed by atoms with Crippen LogP contribution in [0.2, 0.25) is 0 Å². The molecule has 1 aromatic heterocycles. The Hall–Kier alpha value is -2.17. The minimum atomic E-state index is -3.86. The normalized spacial score (nSPS) is 11.0. The molecule has 0 bridgehead atoms. The zero-order valence-corrected chi connectivity index (χ0v) is 14.0. The molecule has 0 fully saturated rings. The molecule has 0 aliphatic rings. The summed E-state index contributed by atoms with van der Waals surface area (Å²) in [4.78, 5) is 23.3. The molecule has 0 atom stereocenters.